The van der Waals surface area contributed by atoms with Crippen LogP contribution in [-0.2, 0) is 0 Å². The van der Waals surface area contributed by atoms with E-state index in [4.69, 9.17) is 0 Å². The van der Waals surface area contributed by atoms with Crippen LogP contribution in [0.15, 0.2) is 6.07 Å². The Balaban J connectivity index is 1.67. The quantitative estimate of drug-likeness (QED) is 0.901. The number of thiazole rings is 1. The molecule has 0 aliphatic carbocycles. The van der Waals surface area contributed by atoms with Gasteiger partial charge in [0.1, 0.15) is 10.7 Å². The summed E-state index contributed by atoms with van der Waals surface area (Å²) in [6, 6.07) is 2.00. The lowest BCUT2D eigenvalue weighted by Gasteiger charge is -2.35. The van der Waals surface area contributed by atoms with Crippen LogP contribution in [0.2, 0.25) is 0 Å². The van der Waals surface area contributed by atoms with Crippen LogP contribution >= 0.6 is 11.3 Å². The van der Waals surface area contributed by atoms with E-state index in [1.165, 1.54) is 11.3 Å². The standard InChI is InChI=1S/C17H24N6OS/c1-5-18-17-19-11(2)10-14(21-17)22-6-8-23(9-7-22)16(24)15-12(3)20-13(4)25-15/h10H,5-9H2,1-4H3,(H,18,19,21). The van der Waals surface area contributed by atoms with Crippen LogP contribution in [0.1, 0.15) is 33.0 Å². The Morgan fingerprint density at radius 1 is 1.16 bits per heavy atom. The number of rotatable bonds is 4. The molecule has 2 aromatic heterocycles. The number of aromatic nitrogens is 3. The molecule has 25 heavy (non-hydrogen) atoms. The van der Waals surface area contributed by atoms with Crippen molar-refractivity contribution in [1.82, 2.24) is 19.9 Å². The van der Waals surface area contributed by atoms with E-state index in [1.807, 2.05) is 38.7 Å². The maximum absolute atomic E-state index is 12.7. The average Bonchev–Trinajstić information content (AvgIpc) is 2.92. The molecule has 1 aliphatic heterocycles. The van der Waals surface area contributed by atoms with Gasteiger partial charge >= 0.3 is 0 Å². The normalized spacial score (nSPS) is 14.7. The summed E-state index contributed by atoms with van der Waals surface area (Å²) in [5.74, 6) is 1.67. The van der Waals surface area contributed by atoms with Crippen molar-refractivity contribution in [3.63, 3.8) is 0 Å². The Bertz CT molecular complexity index is 766. The number of nitrogens with zero attached hydrogens (tertiary/aromatic N) is 5. The summed E-state index contributed by atoms with van der Waals surface area (Å²) in [7, 11) is 0. The molecule has 3 rings (SSSR count). The summed E-state index contributed by atoms with van der Waals surface area (Å²) in [5, 5.41) is 4.10. The van der Waals surface area contributed by atoms with E-state index in [0.717, 1.165) is 46.7 Å². The molecule has 7 nitrogen and oxygen atoms in total. The van der Waals surface area contributed by atoms with Crippen LogP contribution in [-0.4, -0.2) is 58.5 Å². The molecule has 1 N–H and O–H groups in total. The van der Waals surface area contributed by atoms with E-state index in [1.54, 1.807) is 0 Å². The van der Waals surface area contributed by atoms with E-state index in [2.05, 4.69) is 25.2 Å². The highest BCUT2D eigenvalue weighted by Crippen LogP contribution is 2.22. The minimum absolute atomic E-state index is 0.0926. The first-order valence-electron chi connectivity index (χ1n) is 8.55. The van der Waals surface area contributed by atoms with Crippen LogP contribution in [0.3, 0.4) is 0 Å². The Morgan fingerprint density at radius 3 is 2.48 bits per heavy atom. The van der Waals surface area contributed by atoms with E-state index < -0.39 is 0 Å². The molecule has 0 saturated carbocycles. The van der Waals surface area contributed by atoms with Crippen molar-refractivity contribution in [3.05, 3.63) is 27.3 Å². The average molecular weight is 360 g/mol. The number of hydrogen-bond donors (Lipinski definition) is 1. The number of amides is 1. The van der Waals surface area contributed by atoms with E-state index >= 15 is 0 Å². The molecule has 0 spiro atoms. The fraction of sp³-hybridized carbons (Fsp3) is 0.529. The van der Waals surface area contributed by atoms with Gasteiger partial charge in [-0.1, -0.05) is 0 Å². The van der Waals surface area contributed by atoms with Crippen molar-refractivity contribution >= 4 is 29.0 Å². The number of nitrogens with one attached hydrogen (secondary N) is 1. The van der Waals surface area contributed by atoms with Gasteiger partial charge in [0, 0.05) is 44.5 Å². The van der Waals surface area contributed by atoms with Crippen molar-refractivity contribution < 1.29 is 4.79 Å². The zero-order valence-electron chi connectivity index (χ0n) is 15.2. The fourth-order valence-corrected chi connectivity index (χ4v) is 3.85. The van der Waals surface area contributed by atoms with Crippen molar-refractivity contribution in [3.8, 4) is 0 Å². The SMILES string of the molecule is CCNc1nc(C)cc(N2CCN(C(=O)c3sc(C)nc3C)CC2)n1. The Labute approximate surface area is 152 Å². The second-order valence-corrected chi connectivity index (χ2v) is 7.35. The fourth-order valence-electron chi connectivity index (χ4n) is 2.96. The van der Waals surface area contributed by atoms with Crippen LogP contribution in [0.25, 0.3) is 0 Å². The highest BCUT2D eigenvalue weighted by atomic mass is 32.1. The minimum atomic E-state index is 0.0926. The van der Waals surface area contributed by atoms with Gasteiger partial charge in [-0.2, -0.15) is 4.98 Å². The first kappa shape index (κ1) is 17.6. The second-order valence-electron chi connectivity index (χ2n) is 6.15. The minimum Gasteiger partial charge on any atom is -0.354 e. The van der Waals surface area contributed by atoms with Crippen molar-refractivity contribution in [2.24, 2.45) is 0 Å². The monoisotopic (exact) mass is 360 g/mol. The number of aryl methyl sites for hydroxylation is 3. The molecule has 1 fully saturated rings. The summed E-state index contributed by atoms with van der Waals surface area (Å²) in [5.41, 5.74) is 1.77. The molecule has 1 saturated heterocycles. The molecule has 0 bridgehead atoms. The molecule has 1 aliphatic rings. The highest BCUT2D eigenvalue weighted by Gasteiger charge is 2.25. The molecule has 134 valence electrons. The summed E-state index contributed by atoms with van der Waals surface area (Å²) in [4.78, 5) is 30.9. The molecule has 1 amide bonds. The van der Waals surface area contributed by atoms with Gasteiger partial charge < -0.3 is 15.1 Å². The lowest BCUT2D eigenvalue weighted by molar-refractivity contribution is 0.0750. The molecular formula is C17H24N6OS. The summed E-state index contributed by atoms with van der Waals surface area (Å²) in [6.07, 6.45) is 0. The molecule has 0 radical (unpaired) electrons. The van der Waals surface area contributed by atoms with Crippen LogP contribution < -0.4 is 10.2 Å². The predicted octanol–water partition coefficient (Wildman–Crippen LogP) is 2.25. The van der Waals surface area contributed by atoms with Crippen molar-refractivity contribution in [1.29, 1.82) is 0 Å². The first-order valence-corrected chi connectivity index (χ1v) is 9.37. The predicted molar refractivity (Wildman–Crippen MR) is 101 cm³/mol. The lowest BCUT2D eigenvalue weighted by Crippen LogP contribution is -2.49. The van der Waals surface area contributed by atoms with Gasteiger partial charge in [-0.15, -0.1) is 11.3 Å². The molecule has 0 atom stereocenters. The van der Waals surface area contributed by atoms with Crippen LogP contribution in [0.4, 0.5) is 11.8 Å². The van der Waals surface area contributed by atoms with Gasteiger partial charge in [0.2, 0.25) is 5.95 Å². The maximum Gasteiger partial charge on any atom is 0.265 e. The molecule has 8 heteroatoms. The Kier molecular flexibility index (Phi) is 5.17. The van der Waals surface area contributed by atoms with Gasteiger partial charge in [0.15, 0.2) is 0 Å². The van der Waals surface area contributed by atoms with Gasteiger partial charge in [-0.25, -0.2) is 9.97 Å². The summed E-state index contributed by atoms with van der Waals surface area (Å²) >= 11 is 1.48. The number of hydrogen-bond acceptors (Lipinski definition) is 7. The Hall–Kier alpha value is -2.22. The Morgan fingerprint density at radius 2 is 1.88 bits per heavy atom. The van der Waals surface area contributed by atoms with Gasteiger partial charge in [0.25, 0.3) is 5.91 Å². The second kappa shape index (κ2) is 7.35. The smallest absolute Gasteiger partial charge is 0.265 e. The topological polar surface area (TPSA) is 74.2 Å². The molecule has 0 aromatic carbocycles. The third-order valence-corrected chi connectivity index (χ3v) is 5.23. The zero-order valence-corrected chi connectivity index (χ0v) is 16.0. The van der Waals surface area contributed by atoms with Gasteiger partial charge in [-0.3, -0.25) is 4.79 Å². The van der Waals surface area contributed by atoms with Crippen LogP contribution in [0, 0.1) is 20.8 Å². The van der Waals surface area contributed by atoms with Crippen LogP contribution in [0.5, 0.6) is 0 Å². The van der Waals surface area contributed by atoms with Gasteiger partial charge in [-0.05, 0) is 27.7 Å². The van der Waals surface area contributed by atoms with Gasteiger partial charge in [0.05, 0.1) is 10.7 Å². The first-order chi connectivity index (χ1) is 12.0. The number of carbonyl (C=O) groups excluding carboxylic acids is 1. The summed E-state index contributed by atoms with van der Waals surface area (Å²) < 4.78 is 0. The molecule has 3 heterocycles. The molecule has 0 unspecified atom stereocenters. The summed E-state index contributed by atoms with van der Waals surface area (Å²) in [6.45, 7) is 11.5. The third-order valence-electron chi connectivity index (χ3n) is 4.16. The lowest BCUT2D eigenvalue weighted by atomic mass is 10.2. The maximum atomic E-state index is 12.7. The van der Waals surface area contributed by atoms with Crippen molar-refractivity contribution in [2.75, 3.05) is 42.9 Å². The van der Waals surface area contributed by atoms with E-state index in [9.17, 15) is 4.79 Å². The molecule has 2 aromatic rings. The number of anilines is 2. The van der Waals surface area contributed by atoms with E-state index in [0.29, 0.717) is 19.0 Å². The number of carbonyl (C=O) groups is 1. The largest absolute Gasteiger partial charge is 0.354 e. The third kappa shape index (κ3) is 3.89. The highest BCUT2D eigenvalue weighted by molar-refractivity contribution is 7.13. The van der Waals surface area contributed by atoms with E-state index in [-0.39, 0.29) is 5.91 Å². The zero-order chi connectivity index (χ0) is 18.0. The van der Waals surface area contributed by atoms with Crippen molar-refractivity contribution in [2.45, 2.75) is 27.7 Å². The number of piperazine rings is 1. The molecular weight excluding hydrogens is 336 g/mol.